The zero-order valence-corrected chi connectivity index (χ0v) is 21.2. The first kappa shape index (κ1) is 24.7. The highest BCUT2D eigenvalue weighted by Crippen LogP contribution is 2.21. The third-order valence-corrected chi connectivity index (χ3v) is 5.64. The number of rotatable bonds is 8. The van der Waals surface area contributed by atoms with Gasteiger partial charge in [-0.3, -0.25) is 4.79 Å². The second-order valence-electron chi connectivity index (χ2n) is 8.96. The van der Waals surface area contributed by atoms with Gasteiger partial charge in [0.25, 0.3) is 0 Å². The van der Waals surface area contributed by atoms with Crippen LogP contribution >= 0.6 is 0 Å². The van der Waals surface area contributed by atoms with Crippen LogP contribution in [-0.4, -0.2) is 26.9 Å². The summed E-state index contributed by atoms with van der Waals surface area (Å²) in [5.41, 5.74) is 6.86. The maximum atomic E-state index is 12.9. The van der Waals surface area contributed by atoms with Crippen LogP contribution in [0.1, 0.15) is 29.2 Å². The predicted octanol–water partition coefficient (Wildman–Crippen LogP) is 6.03. The summed E-state index contributed by atoms with van der Waals surface area (Å²) >= 11 is 0. The summed E-state index contributed by atoms with van der Waals surface area (Å²) in [6.45, 7) is 9.79. The van der Waals surface area contributed by atoms with Crippen molar-refractivity contribution in [1.29, 1.82) is 0 Å². The molecule has 0 bridgehead atoms. The van der Waals surface area contributed by atoms with E-state index in [1.54, 1.807) is 6.92 Å². The van der Waals surface area contributed by atoms with E-state index in [4.69, 9.17) is 0 Å². The van der Waals surface area contributed by atoms with E-state index in [0.29, 0.717) is 11.9 Å². The first-order chi connectivity index (χ1) is 17.2. The molecule has 0 saturated heterocycles. The molecule has 1 amide bonds. The minimum Gasteiger partial charge on any atom is -0.342 e. The Bertz CT molecular complexity index is 1290. The number of carbonyl (C=O) groups excluding carboxylic acids is 1. The Morgan fingerprint density at radius 2 is 1.14 bits per heavy atom. The Balaban J connectivity index is 1.56. The van der Waals surface area contributed by atoms with Gasteiger partial charge in [0, 0.05) is 17.1 Å². The fourth-order valence-corrected chi connectivity index (χ4v) is 3.45. The van der Waals surface area contributed by atoms with E-state index in [-0.39, 0.29) is 11.9 Å². The summed E-state index contributed by atoms with van der Waals surface area (Å²) in [6.07, 6.45) is 0. The van der Waals surface area contributed by atoms with Crippen LogP contribution in [0.5, 0.6) is 0 Å². The van der Waals surface area contributed by atoms with Gasteiger partial charge in [0.15, 0.2) is 0 Å². The van der Waals surface area contributed by atoms with Crippen LogP contribution in [0.2, 0.25) is 0 Å². The van der Waals surface area contributed by atoms with Crippen molar-refractivity contribution in [1.82, 2.24) is 15.0 Å². The molecule has 3 aromatic carbocycles. The molecule has 4 rings (SSSR count). The average Bonchev–Trinajstić information content (AvgIpc) is 2.84. The van der Waals surface area contributed by atoms with E-state index < -0.39 is 6.04 Å². The second kappa shape index (κ2) is 10.9. The molecule has 0 saturated carbocycles. The van der Waals surface area contributed by atoms with Crippen LogP contribution in [0.15, 0.2) is 66.7 Å². The Kier molecular flexibility index (Phi) is 7.44. The topological polar surface area (TPSA) is 104 Å². The lowest BCUT2D eigenvalue weighted by Crippen LogP contribution is -2.33. The van der Waals surface area contributed by atoms with Gasteiger partial charge >= 0.3 is 0 Å². The van der Waals surface area contributed by atoms with E-state index in [0.717, 1.165) is 39.3 Å². The van der Waals surface area contributed by atoms with Gasteiger partial charge < -0.3 is 21.3 Å². The Morgan fingerprint density at radius 1 is 0.667 bits per heavy atom. The van der Waals surface area contributed by atoms with Crippen LogP contribution in [0, 0.1) is 27.7 Å². The normalized spacial score (nSPS) is 11.5. The Hall–Kier alpha value is -4.46. The third kappa shape index (κ3) is 6.56. The lowest BCUT2D eigenvalue weighted by atomic mass is 10.1. The lowest BCUT2D eigenvalue weighted by molar-refractivity contribution is -0.116. The summed E-state index contributed by atoms with van der Waals surface area (Å²) in [5.74, 6) is 0.796. The van der Waals surface area contributed by atoms with Crippen molar-refractivity contribution in [3.8, 4) is 0 Å². The van der Waals surface area contributed by atoms with Crippen molar-refractivity contribution in [2.24, 2.45) is 0 Å². The third-order valence-electron chi connectivity index (χ3n) is 5.64. The molecular weight excluding hydrogens is 450 g/mol. The number of nitrogens with zero attached hydrogens (tertiary/aromatic N) is 3. The van der Waals surface area contributed by atoms with Crippen LogP contribution < -0.4 is 21.3 Å². The largest absolute Gasteiger partial charge is 0.342 e. The molecule has 0 aliphatic carbocycles. The van der Waals surface area contributed by atoms with Gasteiger partial charge in [-0.25, -0.2) is 0 Å². The van der Waals surface area contributed by atoms with Crippen LogP contribution in [0.3, 0.4) is 0 Å². The average molecular weight is 482 g/mol. The SMILES string of the molecule is Cc1ccc(Nc2nc(Nc3ccc(C)cc3)nc(N[C@H](C)C(=O)Nc3cc(C)ccc3C)n2)cc1. The van der Waals surface area contributed by atoms with Crippen LogP contribution in [-0.2, 0) is 4.79 Å². The van der Waals surface area contributed by atoms with Crippen molar-refractivity contribution in [3.05, 3.63) is 89.0 Å². The first-order valence-electron chi connectivity index (χ1n) is 11.8. The second-order valence-corrected chi connectivity index (χ2v) is 8.96. The number of nitrogens with one attached hydrogen (secondary N) is 4. The van der Waals surface area contributed by atoms with Gasteiger partial charge in [0.1, 0.15) is 6.04 Å². The monoisotopic (exact) mass is 481 g/mol. The zero-order chi connectivity index (χ0) is 25.7. The van der Waals surface area contributed by atoms with E-state index in [1.165, 1.54) is 0 Å². The molecule has 0 aliphatic heterocycles. The molecule has 1 atom stereocenters. The maximum Gasteiger partial charge on any atom is 0.246 e. The smallest absolute Gasteiger partial charge is 0.246 e. The fourth-order valence-electron chi connectivity index (χ4n) is 3.45. The number of amides is 1. The molecule has 1 heterocycles. The van der Waals surface area contributed by atoms with E-state index in [2.05, 4.69) is 36.2 Å². The molecule has 0 fully saturated rings. The van der Waals surface area contributed by atoms with Gasteiger partial charge in [-0.15, -0.1) is 0 Å². The summed E-state index contributed by atoms with van der Waals surface area (Å²) < 4.78 is 0. The molecule has 36 heavy (non-hydrogen) atoms. The molecular formula is C28H31N7O. The molecule has 1 aromatic heterocycles. The summed E-state index contributed by atoms with van der Waals surface area (Å²) in [4.78, 5) is 26.5. The van der Waals surface area contributed by atoms with Gasteiger partial charge in [0.2, 0.25) is 23.8 Å². The molecule has 8 heteroatoms. The minimum atomic E-state index is -0.591. The highest BCUT2D eigenvalue weighted by molar-refractivity contribution is 5.96. The number of anilines is 6. The molecule has 0 radical (unpaired) electrons. The number of carbonyl (C=O) groups is 1. The van der Waals surface area contributed by atoms with Gasteiger partial charge in [-0.2, -0.15) is 15.0 Å². The van der Waals surface area contributed by atoms with Gasteiger partial charge in [0.05, 0.1) is 0 Å². The minimum absolute atomic E-state index is 0.190. The molecule has 4 aromatic rings. The van der Waals surface area contributed by atoms with Gasteiger partial charge in [-0.05, 0) is 76.1 Å². The molecule has 0 spiro atoms. The molecule has 0 aliphatic rings. The number of aryl methyl sites for hydroxylation is 4. The predicted molar refractivity (Wildman–Crippen MR) is 146 cm³/mol. The molecule has 4 N–H and O–H groups in total. The van der Waals surface area contributed by atoms with E-state index in [1.807, 2.05) is 94.4 Å². The number of benzene rings is 3. The Labute approximate surface area is 211 Å². The molecule has 8 nitrogen and oxygen atoms in total. The van der Waals surface area contributed by atoms with Crippen LogP contribution in [0.4, 0.5) is 34.9 Å². The summed E-state index contributed by atoms with van der Waals surface area (Å²) in [6, 6.07) is 21.2. The van der Waals surface area contributed by atoms with Crippen LogP contribution in [0.25, 0.3) is 0 Å². The van der Waals surface area contributed by atoms with E-state index in [9.17, 15) is 4.79 Å². The lowest BCUT2D eigenvalue weighted by Gasteiger charge is -2.17. The van der Waals surface area contributed by atoms with Crippen molar-refractivity contribution >= 4 is 40.8 Å². The fraction of sp³-hybridized carbons (Fsp3) is 0.214. The number of aromatic nitrogens is 3. The Morgan fingerprint density at radius 3 is 1.67 bits per heavy atom. The highest BCUT2D eigenvalue weighted by Gasteiger charge is 2.17. The van der Waals surface area contributed by atoms with Crippen molar-refractivity contribution in [2.75, 3.05) is 21.3 Å². The molecule has 184 valence electrons. The van der Waals surface area contributed by atoms with E-state index >= 15 is 0 Å². The first-order valence-corrected chi connectivity index (χ1v) is 11.8. The standard InChI is InChI=1S/C28H31N7O/c1-17-7-12-22(13-8-17)30-27-33-26(34-28(35-27)31-23-14-9-18(2)10-15-23)29-21(5)25(36)32-24-16-19(3)6-11-20(24)4/h6-16,21H,1-5H3,(H,32,36)(H3,29,30,31,33,34,35)/t21-/m1/s1. The number of hydrogen-bond donors (Lipinski definition) is 4. The van der Waals surface area contributed by atoms with Crippen molar-refractivity contribution in [2.45, 2.75) is 40.7 Å². The highest BCUT2D eigenvalue weighted by atomic mass is 16.2. The number of hydrogen-bond acceptors (Lipinski definition) is 7. The quantitative estimate of drug-likeness (QED) is 0.243. The molecule has 0 unspecified atom stereocenters. The maximum absolute atomic E-state index is 12.9. The zero-order valence-electron chi connectivity index (χ0n) is 21.2. The van der Waals surface area contributed by atoms with Crippen molar-refractivity contribution in [3.63, 3.8) is 0 Å². The summed E-state index contributed by atoms with van der Waals surface area (Å²) in [5, 5.41) is 12.5. The van der Waals surface area contributed by atoms with Gasteiger partial charge in [-0.1, -0.05) is 47.5 Å². The summed E-state index contributed by atoms with van der Waals surface area (Å²) in [7, 11) is 0. The van der Waals surface area contributed by atoms with Crippen molar-refractivity contribution < 1.29 is 4.79 Å².